The number of ether oxygens (including phenoxy) is 1. The number of morpholine rings is 1. The second-order valence-corrected chi connectivity index (χ2v) is 7.28. The van der Waals surface area contributed by atoms with Gasteiger partial charge in [0.2, 0.25) is 5.82 Å². The third kappa shape index (κ3) is 4.87. The molecular weight excluding hydrogens is 445 g/mol. The van der Waals surface area contributed by atoms with Gasteiger partial charge in [-0.3, -0.25) is 14.3 Å². The summed E-state index contributed by atoms with van der Waals surface area (Å²) in [5.74, 6) is -2.30. The molecule has 1 fully saturated rings. The van der Waals surface area contributed by atoms with Crippen molar-refractivity contribution in [2.24, 2.45) is 7.05 Å². The Hall–Kier alpha value is -3.74. The van der Waals surface area contributed by atoms with Gasteiger partial charge in [0.05, 0.1) is 19.3 Å². The van der Waals surface area contributed by atoms with E-state index in [1.165, 1.54) is 35.1 Å². The molecule has 33 heavy (non-hydrogen) atoms. The number of halogens is 3. The smallest absolute Gasteiger partial charge is 0.377 e. The second kappa shape index (κ2) is 9.02. The predicted octanol–water partition coefficient (Wildman–Crippen LogP) is 1.76. The number of hydrogen-bond donors (Lipinski definition) is 1. The fourth-order valence-corrected chi connectivity index (χ4v) is 3.36. The van der Waals surface area contributed by atoms with Crippen LogP contribution in [0.4, 0.5) is 13.2 Å². The average Bonchev–Trinajstić information content (AvgIpc) is 3.47. The third-order valence-corrected chi connectivity index (χ3v) is 5.10. The number of rotatable bonds is 5. The van der Waals surface area contributed by atoms with Crippen LogP contribution in [0.1, 0.15) is 26.7 Å². The number of alkyl halides is 3. The van der Waals surface area contributed by atoms with Crippen LogP contribution in [-0.2, 0) is 18.0 Å². The quantitative estimate of drug-likeness (QED) is 0.612. The van der Waals surface area contributed by atoms with Gasteiger partial charge in [-0.05, 0) is 18.2 Å². The number of nitrogens with zero attached hydrogens (tertiary/aromatic N) is 5. The SMILES string of the molecule is Cn1nccc1C(=O)N1CCOC[C@@H]1CNC(=O)c1ccc(-c2noc(C(F)(F)F)n2)cc1. The van der Waals surface area contributed by atoms with Crippen LogP contribution in [0, 0.1) is 0 Å². The molecule has 0 spiro atoms. The standard InChI is InChI=1S/C20H19F3N6O4/c1-28-15(6-7-25-28)18(31)29-8-9-32-11-14(29)10-24-17(30)13-4-2-12(3-5-13)16-26-19(33-27-16)20(21,22)23/h2-7,14H,8-11H2,1H3,(H,24,30)/t14-/m0/s1. The van der Waals surface area contributed by atoms with E-state index in [2.05, 4.69) is 25.1 Å². The lowest BCUT2D eigenvalue weighted by atomic mass is 10.1. The highest BCUT2D eigenvalue weighted by Crippen LogP contribution is 2.29. The number of aryl methyl sites for hydroxylation is 1. The number of aromatic nitrogens is 4. The number of carbonyl (C=O) groups is 2. The Labute approximate surface area is 185 Å². The van der Waals surface area contributed by atoms with E-state index < -0.39 is 18.0 Å². The van der Waals surface area contributed by atoms with E-state index in [1.807, 2.05) is 0 Å². The van der Waals surface area contributed by atoms with Crippen molar-refractivity contribution in [1.29, 1.82) is 0 Å². The first-order valence-corrected chi connectivity index (χ1v) is 9.90. The summed E-state index contributed by atoms with van der Waals surface area (Å²) in [5, 5.41) is 10.1. The molecule has 2 aromatic heterocycles. The molecule has 10 nitrogen and oxygen atoms in total. The Morgan fingerprint density at radius 2 is 1.97 bits per heavy atom. The molecule has 1 aliphatic heterocycles. The van der Waals surface area contributed by atoms with Gasteiger partial charge < -0.3 is 19.5 Å². The summed E-state index contributed by atoms with van der Waals surface area (Å²) in [6, 6.07) is 6.96. The Bertz CT molecular complexity index is 1140. The first kappa shape index (κ1) is 22.5. The monoisotopic (exact) mass is 464 g/mol. The molecule has 1 saturated heterocycles. The van der Waals surface area contributed by atoms with Gasteiger partial charge in [0, 0.05) is 37.5 Å². The number of nitrogens with one attached hydrogen (secondary N) is 1. The Morgan fingerprint density at radius 3 is 2.61 bits per heavy atom. The van der Waals surface area contributed by atoms with E-state index in [1.54, 1.807) is 18.0 Å². The number of hydrogen-bond acceptors (Lipinski definition) is 7. The van der Waals surface area contributed by atoms with Gasteiger partial charge in [-0.1, -0.05) is 17.3 Å². The van der Waals surface area contributed by atoms with Crippen LogP contribution in [0.5, 0.6) is 0 Å². The Balaban J connectivity index is 1.39. The molecule has 0 radical (unpaired) electrons. The number of benzene rings is 1. The summed E-state index contributed by atoms with van der Waals surface area (Å²) in [7, 11) is 1.67. The molecule has 13 heteroatoms. The van der Waals surface area contributed by atoms with Crippen LogP contribution < -0.4 is 5.32 Å². The third-order valence-electron chi connectivity index (χ3n) is 5.10. The van der Waals surface area contributed by atoms with E-state index in [-0.39, 0.29) is 42.1 Å². The Morgan fingerprint density at radius 1 is 1.21 bits per heavy atom. The van der Waals surface area contributed by atoms with Crippen molar-refractivity contribution in [2.45, 2.75) is 12.2 Å². The molecule has 1 aromatic carbocycles. The van der Waals surface area contributed by atoms with Crippen molar-refractivity contribution in [3.63, 3.8) is 0 Å². The summed E-state index contributed by atoms with van der Waals surface area (Å²) in [6.45, 7) is 1.19. The zero-order valence-electron chi connectivity index (χ0n) is 17.4. The lowest BCUT2D eigenvalue weighted by Crippen LogP contribution is -2.53. The fourth-order valence-electron chi connectivity index (χ4n) is 3.36. The molecule has 2 amide bonds. The van der Waals surface area contributed by atoms with Crippen LogP contribution in [0.2, 0.25) is 0 Å². The van der Waals surface area contributed by atoms with Crippen LogP contribution >= 0.6 is 0 Å². The molecule has 1 atom stereocenters. The van der Waals surface area contributed by atoms with E-state index >= 15 is 0 Å². The van der Waals surface area contributed by atoms with Crippen molar-refractivity contribution in [3.8, 4) is 11.4 Å². The van der Waals surface area contributed by atoms with Gasteiger partial charge in [-0.2, -0.15) is 23.3 Å². The number of carbonyl (C=O) groups excluding carboxylic acids is 2. The first-order chi connectivity index (χ1) is 15.7. The highest BCUT2D eigenvalue weighted by atomic mass is 19.4. The van der Waals surface area contributed by atoms with Gasteiger partial charge in [0.25, 0.3) is 11.8 Å². The van der Waals surface area contributed by atoms with Crippen molar-refractivity contribution < 1.29 is 32.0 Å². The molecule has 1 aliphatic rings. The topological polar surface area (TPSA) is 115 Å². The van der Waals surface area contributed by atoms with Crippen LogP contribution in [-0.4, -0.2) is 69.0 Å². The van der Waals surface area contributed by atoms with Gasteiger partial charge in [-0.15, -0.1) is 0 Å². The van der Waals surface area contributed by atoms with Crippen LogP contribution in [0.3, 0.4) is 0 Å². The van der Waals surface area contributed by atoms with Gasteiger partial charge in [0.15, 0.2) is 0 Å². The van der Waals surface area contributed by atoms with Gasteiger partial charge >= 0.3 is 12.1 Å². The fraction of sp³-hybridized carbons (Fsp3) is 0.350. The van der Waals surface area contributed by atoms with Crippen molar-refractivity contribution in [3.05, 3.63) is 53.7 Å². The molecular formula is C20H19F3N6O4. The molecule has 0 aliphatic carbocycles. The molecule has 0 bridgehead atoms. The molecule has 174 valence electrons. The maximum atomic E-state index is 12.8. The molecule has 4 rings (SSSR count). The first-order valence-electron chi connectivity index (χ1n) is 9.90. The minimum absolute atomic E-state index is 0.157. The molecule has 1 N–H and O–H groups in total. The summed E-state index contributed by atoms with van der Waals surface area (Å²) in [4.78, 5) is 30.4. The van der Waals surface area contributed by atoms with E-state index in [0.29, 0.717) is 18.8 Å². The average molecular weight is 464 g/mol. The van der Waals surface area contributed by atoms with Crippen LogP contribution in [0.15, 0.2) is 41.1 Å². The maximum Gasteiger partial charge on any atom is 0.471 e. The maximum absolute atomic E-state index is 12.8. The number of amides is 2. The lowest BCUT2D eigenvalue weighted by Gasteiger charge is -2.35. The highest BCUT2D eigenvalue weighted by molar-refractivity contribution is 5.95. The molecule has 3 aromatic rings. The van der Waals surface area contributed by atoms with E-state index in [9.17, 15) is 22.8 Å². The molecule has 3 heterocycles. The summed E-state index contributed by atoms with van der Waals surface area (Å²) < 4.78 is 49.0. The summed E-state index contributed by atoms with van der Waals surface area (Å²) >= 11 is 0. The van der Waals surface area contributed by atoms with Gasteiger partial charge in [0.1, 0.15) is 5.69 Å². The minimum atomic E-state index is -4.74. The van der Waals surface area contributed by atoms with E-state index in [4.69, 9.17) is 4.74 Å². The highest BCUT2D eigenvalue weighted by Gasteiger charge is 2.38. The minimum Gasteiger partial charge on any atom is -0.377 e. The largest absolute Gasteiger partial charge is 0.471 e. The van der Waals surface area contributed by atoms with E-state index in [0.717, 1.165) is 0 Å². The van der Waals surface area contributed by atoms with Crippen LogP contribution in [0.25, 0.3) is 11.4 Å². The van der Waals surface area contributed by atoms with Crippen molar-refractivity contribution >= 4 is 11.8 Å². The zero-order valence-corrected chi connectivity index (χ0v) is 17.4. The Kier molecular flexibility index (Phi) is 6.14. The zero-order chi connectivity index (χ0) is 23.6. The predicted molar refractivity (Wildman–Crippen MR) is 106 cm³/mol. The summed E-state index contributed by atoms with van der Waals surface area (Å²) in [5.41, 5.74) is 0.970. The summed E-state index contributed by atoms with van der Waals surface area (Å²) in [6.07, 6.45) is -3.20. The van der Waals surface area contributed by atoms with Crippen molar-refractivity contribution in [1.82, 2.24) is 30.1 Å². The normalized spacial score (nSPS) is 16.6. The van der Waals surface area contributed by atoms with Crippen molar-refractivity contribution in [2.75, 3.05) is 26.3 Å². The second-order valence-electron chi connectivity index (χ2n) is 7.28. The van der Waals surface area contributed by atoms with Gasteiger partial charge in [-0.25, -0.2) is 0 Å². The lowest BCUT2D eigenvalue weighted by molar-refractivity contribution is -0.159. The molecule has 0 saturated carbocycles. The molecule has 0 unspecified atom stereocenters.